The van der Waals surface area contributed by atoms with Crippen LogP contribution in [0.1, 0.15) is 38.7 Å². The Labute approximate surface area is 128 Å². The number of nitrogens with zero attached hydrogens (tertiary/aromatic N) is 1. The molecule has 2 aliphatic heterocycles. The summed E-state index contributed by atoms with van der Waals surface area (Å²) < 4.78 is 6.18. The number of benzene rings is 1. The van der Waals surface area contributed by atoms with Gasteiger partial charge in [-0.15, -0.1) is 0 Å². The summed E-state index contributed by atoms with van der Waals surface area (Å²) in [5, 5.41) is 3.51. The lowest BCUT2D eigenvalue weighted by Crippen LogP contribution is -2.41. The number of ether oxygens (including phenoxy) is 1. The third-order valence-electron chi connectivity index (χ3n) is 4.79. The van der Waals surface area contributed by atoms with E-state index in [4.69, 9.17) is 4.74 Å². The van der Waals surface area contributed by atoms with Crippen molar-refractivity contribution >= 4 is 5.69 Å². The van der Waals surface area contributed by atoms with Gasteiger partial charge < -0.3 is 15.0 Å². The highest BCUT2D eigenvalue weighted by Crippen LogP contribution is 2.32. The molecule has 2 heterocycles. The van der Waals surface area contributed by atoms with Crippen molar-refractivity contribution < 1.29 is 4.74 Å². The van der Waals surface area contributed by atoms with Crippen molar-refractivity contribution in [2.24, 2.45) is 5.92 Å². The lowest BCUT2D eigenvalue weighted by molar-refractivity contribution is 0.107. The maximum Gasteiger partial charge on any atom is 0.142 e. The molecule has 3 nitrogen and oxygen atoms in total. The summed E-state index contributed by atoms with van der Waals surface area (Å²) in [5.41, 5.74) is 2.64. The van der Waals surface area contributed by atoms with E-state index in [9.17, 15) is 0 Å². The molecular formula is C18H28N2O. The fourth-order valence-electron chi connectivity index (χ4n) is 3.51. The molecule has 0 aliphatic carbocycles. The zero-order valence-electron chi connectivity index (χ0n) is 13.4. The van der Waals surface area contributed by atoms with Gasteiger partial charge in [0.1, 0.15) is 5.75 Å². The molecule has 1 fully saturated rings. The Morgan fingerprint density at radius 2 is 2.24 bits per heavy atom. The zero-order valence-corrected chi connectivity index (χ0v) is 13.4. The van der Waals surface area contributed by atoms with Gasteiger partial charge in [0.2, 0.25) is 0 Å². The van der Waals surface area contributed by atoms with Crippen molar-refractivity contribution in [3.8, 4) is 5.75 Å². The average Bonchev–Trinajstić information content (AvgIpc) is 2.53. The molecule has 1 unspecified atom stereocenters. The number of rotatable bonds is 4. The van der Waals surface area contributed by atoms with Crippen LogP contribution in [-0.4, -0.2) is 37.2 Å². The molecule has 0 bridgehead atoms. The molecular weight excluding hydrogens is 260 g/mol. The molecule has 1 aromatic rings. The standard InChI is InChI=1S/C18H28N2O/c1-14(2)20-11-5-6-15(12-20)13-21-17-9-3-7-16-8-4-10-19-18(16)17/h3,7,9,14-15,19H,4-6,8,10-13H2,1-2H3. The van der Waals surface area contributed by atoms with Crippen LogP contribution in [0.4, 0.5) is 5.69 Å². The van der Waals surface area contributed by atoms with Gasteiger partial charge in [-0.1, -0.05) is 12.1 Å². The monoisotopic (exact) mass is 288 g/mol. The fourth-order valence-corrected chi connectivity index (χ4v) is 3.51. The minimum Gasteiger partial charge on any atom is -0.491 e. The highest BCUT2D eigenvalue weighted by atomic mass is 16.5. The third kappa shape index (κ3) is 3.52. The van der Waals surface area contributed by atoms with E-state index in [1.54, 1.807) is 0 Å². The number of aryl methyl sites for hydroxylation is 1. The van der Waals surface area contributed by atoms with E-state index in [1.165, 1.54) is 50.0 Å². The largest absolute Gasteiger partial charge is 0.491 e. The first kappa shape index (κ1) is 14.7. The Bertz CT molecular complexity index is 472. The SMILES string of the molecule is CC(C)N1CCCC(COc2cccc3c2NCCC3)C1. The Morgan fingerprint density at radius 3 is 3.10 bits per heavy atom. The molecule has 0 aromatic heterocycles. The number of para-hydroxylation sites is 1. The van der Waals surface area contributed by atoms with Crippen LogP contribution in [0, 0.1) is 5.92 Å². The molecule has 0 amide bonds. The molecule has 2 aliphatic rings. The predicted molar refractivity (Wildman–Crippen MR) is 88.2 cm³/mol. The summed E-state index contributed by atoms with van der Waals surface area (Å²) in [7, 11) is 0. The minimum atomic E-state index is 0.652. The number of hydrogen-bond acceptors (Lipinski definition) is 3. The normalized spacial score (nSPS) is 22.7. The van der Waals surface area contributed by atoms with E-state index in [2.05, 4.69) is 42.3 Å². The van der Waals surface area contributed by atoms with Crippen LogP contribution in [-0.2, 0) is 6.42 Å². The number of hydrogen-bond donors (Lipinski definition) is 1. The predicted octanol–water partition coefficient (Wildman–Crippen LogP) is 3.54. The van der Waals surface area contributed by atoms with E-state index in [0.717, 1.165) is 18.9 Å². The lowest BCUT2D eigenvalue weighted by atomic mass is 9.98. The first-order chi connectivity index (χ1) is 10.2. The van der Waals surface area contributed by atoms with Crippen LogP contribution in [0.2, 0.25) is 0 Å². The van der Waals surface area contributed by atoms with Gasteiger partial charge in [0.05, 0.1) is 12.3 Å². The summed E-state index contributed by atoms with van der Waals surface area (Å²) in [4.78, 5) is 2.58. The molecule has 0 spiro atoms. The van der Waals surface area contributed by atoms with Crippen molar-refractivity contribution in [3.05, 3.63) is 23.8 Å². The van der Waals surface area contributed by atoms with Gasteiger partial charge in [-0.05, 0) is 57.7 Å². The molecule has 1 N–H and O–H groups in total. The number of fused-ring (bicyclic) bond motifs is 1. The molecule has 1 atom stereocenters. The Kier molecular flexibility index (Phi) is 4.69. The van der Waals surface area contributed by atoms with Crippen molar-refractivity contribution in [3.63, 3.8) is 0 Å². The molecule has 0 radical (unpaired) electrons. The summed E-state index contributed by atoms with van der Waals surface area (Å²) in [5.74, 6) is 1.72. The Balaban J connectivity index is 1.60. The molecule has 3 rings (SSSR count). The van der Waals surface area contributed by atoms with Crippen molar-refractivity contribution in [2.75, 3.05) is 31.6 Å². The second-order valence-corrected chi connectivity index (χ2v) is 6.73. The third-order valence-corrected chi connectivity index (χ3v) is 4.79. The van der Waals surface area contributed by atoms with Crippen LogP contribution >= 0.6 is 0 Å². The van der Waals surface area contributed by atoms with Gasteiger partial charge in [0.25, 0.3) is 0 Å². The van der Waals surface area contributed by atoms with Crippen LogP contribution < -0.4 is 10.1 Å². The maximum atomic E-state index is 6.18. The van der Waals surface area contributed by atoms with Gasteiger partial charge in [-0.2, -0.15) is 0 Å². The van der Waals surface area contributed by atoms with E-state index >= 15 is 0 Å². The van der Waals surface area contributed by atoms with Gasteiger partial charge in [0, 0.05) is 25.0 Å². The first-order valence-electron chi connectivity index (χ1n) is 8.46. The van der Waals surface area contributed by atoms with Crippen LogP contribution in [0.5, 0.6) is 5.75 Å². The Hall–Kier alpha value is -1.22. The fraction of sp³-hybridized carbons (Fsp3) is 0.667. The molecule has 1 aromatic carbocycles. The summed E-state index contributed by atoms with van der Waals surface area (Å²) in [6.45, 7) is 8.93. The average molecular weight is 288 g/mol. The smallest absolute Gasteiger partial charge is 0.142 e. The minimum absolute atomic E-state index is 0.652. The van der Waals surface area contributed by atoms with Crippen molar-refractivity contribution in [2.45, 2.75) is 45.6 Å². The summed E-state index contributed by atoms with van der Waals surface area (Å²) in [6.07, 6.45) is 5.00. The van der Waals surface area contributed by atoms with Crippen molar-refractivity contribution in [1.29, 1.82) is 0 Å². The number of piperidine rings is 1. The quantitative estimate of drug-likeness (QED) is 0.917. The lowest BCUT2D eigenvalue weighted by Gasteiger charge is -2.35. The molecule has 21 heavy (non-hydrogen) atoms. The second-order valence-electron chi connectivity index (χ2n) is 6.73. The molecule has 3 heteroatoms. The van der Waals surface area contributed by atoms with Gasteiger partial charge in [-0.25, -0.2) is 0 Å². The van der Waals surface area contributed by atoms with E-state index in [0.29, 0.717) is 12.0 Å². The second kappa shape index (κ2) is 6.69. The highest BCUT2D eigenvalue weighted by molar-refractivity contribution is 5.63. The van der Waals surface area contributed by atoms with E-state index in [-0.39, 0.29) is 0 Å². The maximum absolute atomic E-state index is 6.18. The van der Waals surface area contributed by atoms with Crippen molar-refractivity contribution in [1.82, 2.24) is 4.90 Å². The zero-order chi connectivity index (χ0) is 14.7. The highest BCUT2D eigenvalue weighted by Gasteiger charge is 2.22. The van der Waals surface area contributed by atoms with Gasteiger partial charge >= 0.3 is 0 Å². The Morgan fingerprint density at radius 1 is 1.33 bits per heavy atom. The first-order valence-corrected chi connectivity index (χ1v) is 8.46. The number of anilines is 1. The number of likely N-dealkylation sites (tertiary alicyclic amines) is 1. The summed E-state index contributed by atoms with van der Waals surface area (Å²) in [6, 6.07) is 7.11. The van der Waals surface area contributed by atoms with Gasteiger partial charge in [0.15, 0.2) is 0 Å². The topological polar surface area (TPSA) is 24.5 Å². The summed E-state index contributed by atoms with van der Waals surface area (Å²) >= 11 is 0. The number of nitrogens with one attached hydrogen (secondary N) is 1. The molecule has 1 saturated heterocycles. The van der Waals surface area contributed by atoms with Gasteiger partial charge in [-0.3, -0.25) is 0 Å². The van der Waals surface area contributed by atoms with Crippen LogP contribution in [0.3, 0.4) is 0 Å². The van der Waals surface area contributed by atoms with E-state index in [1.807, 2.05) is 0 Å². The van der Waals surface area contributed by atoms with E-state index < -0.39 is 0 Å². The molecule has 116 valence electrons. The van der Waals surface area contributed by atoms with Crippen LogP contribution in [0.25, 0.3) is 0 Å². The van der Waals surface area contributed by atoms with Crippen LogP contribution in [0.15, 0.2) is 18.2 Å². The molecule has 0 saturated carbocycles.